The lowest BCUT2D eigenvalue weighted by molar-refractivity contribution is 0.310. The zero-order chi connectivity index (χ0) is 12.5. The molecule has 0 saturated heterocycles. The summed E-state index contributed by atoms with van der Waals surface area (Å²) >= 11 is 0. The summed E-state index contributed by atoms with van der Waals surface area (Å²) in [5.41, 5.74) is -0.152. The Bertz CT molecular complexity index is 680. The molecule has 94 valence electrons. The van der Waals surface area contributed by atoms with Crippen molar-refractivity contribution in [2.24, 2.45) is 0 Å². The van der Waals surface area contributed by atoms with Crippen molar-refractivity contribution in [3.05, 3.63) is 39.3 Å². The summed E-state index contributed by atoms with van der Waals surface area (Å²) in [5.74, 6) is -0.585. The molecule has 1 aliphatic rings. The molecule has 0 bridgehead atoms. The van der Waals surface area contributed by atoms with Gasteiger partial charge in [0, 0.05) is 12.2 Å². The van der Waals surface area contributed by atoms with Gasteiger partial charge < -0.3 is 4.42 Å². The molecule has 2 heterocycles. The molecule has 0 spiro atoms. The van der Waals surface area contributed by atoms with Crippen LogP contribution >= 0.6 is 0 Å². The van der Waals surface area contributed by atoms with Gasteiger partial charge >= 0.3 is 11.4 Å². The molecule has 3 rings (SSSR count). The summed E-state index contributed by atoms with van der Waals surface area (Å²) in [7, 11) is 0. The van der Waals surface area contributed by atoms with Crippen molar-refractivity contribution in [1.82, 2.24) is 9.55 Å². The number of nitrogens with zero attached hydrogens (tertiary/aromatic N) is 2. The lowest BCUT2D eigenvalue weighted by Gasteiger charge is -2.23. The Morgan fingerprint density at radius 1 is 1.22 bits per heavy atom. The van der Waals surface area contributed by atoms with E-state index in [1.165, 1.54) is 6.42 Å². The normalized spacial score (nSPS) is 17.1. The Morgan fingerprint density at radius 3 is 2.78 bits per heavy atom. The van der Waals surface area contributed by atoms with Crippen LogP contribution in [-0.2, 0) is 0 Å². The first-order valence-corrected chi connectivity index (χ1v) is 6.28. The summed E-state index contributed by atoms with van der Waals surface area (Å²) in [6.45, 7) is 0. The van der Waals surface area contributed by atoms with E-state index < -0.39 is 11.4 Å². The third-order valence-electron chi connectivity index (χ3n) is 3.55. The van der Waals surface area contributed by atoms with Gasteiger partial charge in [-0.2, -0.15) is 0 Å². The van der Waals surface area contributed by atoms with E-state index in [1.807, 2.05) is 0 Å². The average Bonchev–Trinajstić information content (AvgIpc) is 2.40. The minimum atomic E-state index is -0.602. The maximum Gasteiger partial charge on any atom is 0.423 e. The van der Waals surface area contributed by atoms with Crippen molar-refractivity contribution in [2.45, 2.75) is 38.1 Å². The number of hydrogen-bond acceptors (Lipinski definition) is 4. The van der Waals surface area contributed by atoms with E-state index >= 15 is 0 Å². The molecule has 0 radical (unpaired) electrons. The highest BCUT2D eigenvalue weighted by molar-refractivity contribution is 5.72. The zero-order valence-corrected chi connectivity index (χ0v) is 9.96. The second kappa shape index (κ2) is 4.40. The van der Waals surface area contributed by atoms with Crippen molar-refractivity contribution in [3.8, 4) is 0 Å². The minimum Gasteiger partial charge on any atom is -0.372 e. The van der Waals surface area contributed by atoms with Crippen LogP contribution in [0.25, 0.3) is 11.0 Å². The number of hydrogen-bond donors (Lipinski definition) is 0. The van der Waals surface area contributed by atoms with Gasteiger partial charge in [-0.25, -0.2) is 14.6 Å². The molecule has 0 aromatic carbocycles. The Hall–Kier alpha value is -1.91. The van der Waals surface area contributed by atoms with Crippen LogP contribution in [0.15, 0.2) is 32.3 Å². The molecule has 0 aliphatic heterocycles. The highest BCUT2D eigenvalue weighted by atomic mass is 16.4. The molecule has 0 amide bonds. The van der Waals surface area contributed by atoms with E-state index in [-0.39, 0.29) is 6.04 Å². The molecule has 1 saturated carbocycles. The summed E-state index contributed by atoms with van der Waals surface area (Å²) in [6.07, 6.45) is 6.89. The Balaban J connectivity index is 2.27. The van der Waals surface area contributed by atoms with Crippen LogP contribution in [0.2, 0.25) is 0 Å². The maximum atomic E-state index is 11.9. The number of pyridine rings is 1. The first-order valence-electron chi connectivity index (χ1n) is 6.28. The fourth-order valence-electron chi connectivity index (χ4n) is 2.68. The van der Waals surface area contributed by atoms with Gasteiger partial charge in [-0.3, -0.25) is 4.57 Å². The van der Waals surface area contributed by atoms with E-state index in [9.17, 15) is 9.59 Å². The van der Waals surface area contributed by atoms with Crippen LogP contribution in [0.3, 0.4) is 0 Å². The van der Waals surface area contributed by atoms with Crippen molar-refractivity contribution in [3.63, 3.8) is 0 Å². The first-order chi connectivity index (χ1) is 8.77. The van der Waals surface area contributed by atoms with E-state index in [0.29, 0.717) is 11.0 Å². The van der Waals surface area contributed by atoms with Crippen LogP contribution in [-0.4, -0.2) is 9.55 Å². The molecule has 5 heteroatoms. The maximum absolute atomic E-state index is 11.9. The van der Waals surface area contributed by atoms with E-state index in [4.69, 9.17) is 4.42 Å². The second-order valence-corrected chi connectivity index (χ2v) is 4.69. The van der Waals surface area contributed by atoms with E-state index in [1.54, 1.807) is 22.9 Å². The van der Waals surface area contributed by atoms with Crippen molar-refractivity contribution < 1.29 is 4.42 Å². The molecule has 1 fully saturated rings. The Morgan fingerprint density at radius 2 is 2.00 bits per heavy atom. The molecule has 0 atom stereocenters. The predicted molar refractivity (Wildman–Crippen MR) is 66.7 cm³/mol. The average molecular weight is 246 g/mol. The molecule has 1 aliphatic carbocycles. The number of fused-ring (bicyclic) bond motifs is 1. The number of rotatable bonds is 1. The summed E-state index contributed by atoms with van der Waals surface area (Å²) in [5, 5.41) is 0.377. The number of aromatic nitrogens is 2. The molecule has 2 aromatic heterocycles. The van der Waals surface area contributed by atoms with Crippen LogP contribution in [0.4, 0.5) is 0 Å². The SMILES string of the molecule is O=c1oc(=O)n(C2CCCCC2)c2ncccc12. The van der Waals surface area contributed by atoms with Gasteiger partial charge in [0.1, 0.15) is 5.39 Å². The quantitative estimate of drug-likeness (QED) is 0.770. The first kappa shape index (κ1) is 11.2. The molecule has 2 aromatic rings. The van der Waals surface area contributed by atoms with Gasteiger partial charge in [0.2, 0.25) is 0 Å². The van der Waals surface area contributed by atoms with Crippen LogP contribution < -0.4 is 11.4 Å². The summed E-state index contributed by atoms with van der Waals surface area (Å²) in [6, 6.07) is 3.43. The lowest BCUT2D eigenvalue weighted by Crippen LogP contribution is -2.30. The second-order valence-electron chi connectivity index (χ2n) is 4.69. The highest BCUT2D eigenvalue weighted by Gasteiger charge is 2.21. The summed E-state index contributed by atoms with van der Waals surface area (Å²) < 4.78 is 6.34. The van der Waals surface area contributed by atoms with Gasteiger partial charge in [0.25, 0.3) is 0 Å². The van der Waals surface area contributed by atoms with Crippen LogP contribution in [0, 0.1) is 0 Å². The van der Waals surface area contributed by atoms with Crippen LogP contribution in [0.1, 0.15) is 38.1 Å². The Kier molecular flexibility index (Phi) is 2.74. The van der Waals surface area contributed by atoms with Gasteiger partial charge in [-0.1, -0.05) is 19.3 Å². The molecular weight excluding hydrogens is 232 g/mol. The third-order valence-corrected chi connectivity index (χ3v) is 3.55. The Labute approximate surface area is 103 Å². The standard InChI is InChI=1S/C13H14N2O3/c16-12-10-7-4-8-14-11(10)15(13(17)18-12)9-5-2-1-3-6-9/h4,7-9H,1-3,5-6H2. The lowest BCUT2D eigenvalue weighted by atomic mass is 9.95. The van der Waals surface area contributed by atoms with E-state index in [0.717, 1.165) is 25.7 Å². The topological polar surface area (TPSA) is 65.1 Å². The van der Waals surface area contributed by atoms with Crippen molar-refractivity contribution in [2.75, 3.05) is 0 Å². The third kappa shape index (κ3) is 1.75. The molecule has 0 N–H and O–H groups in total. The monoisotopic (exact) mass is 246 g/mol. The fourth-order valence-corrected chi connectivity index (χ4v) is 2.68. The van der Waals surface area contributed by atoms with E-state index in [2.05, 4.69) is 4.98 Å². The minimum absolute atomic E-state index is 0.105. The zero-order valence-electron chi connectivity index (χ0n) is 9.96. The summed E-state index contributed by atoms with van der Waals surface area (Å²) in [4.78, 5) is 27.7. The molecular formula is C13H14N2O3. The highest BCUT2D eigenvalue weighted by Crippen LogP contribution is 2.28. The van der Waals surface area contributed by atoms with Gasteiger partial charge in [0.15, 0.2) is 5.65 Å². The van der Waals surface area contributed by atoms with Gasteiger partial charge in [0.05, 0.1) is 0 Å². The van der Waals surface area contributed by atoms with Gasteiger partial charge in [-0.05, 0) is 25.0 Å². The van der Waals surface area contributed by atoms with Crippen molar-refractivity contribution >= 4 is 11.0 Å². The molecule has 5 nitrogen and oxygen atoms in total. The fraction of sp³-hybridized carbons (Fsp3) is 0.462. The van der Waals surface area contributed by atoms with Crippen molar-refractivity contribution in [1.29, 1.82) is 0 Å². The predicted octanol–water partition coefficient (Wildman–Crippen LogP) is 1.85. The van der Waals surface area contributed by atoms with Crippen LogP contribution in [0.5, 0.6) is 0 Å². The molecule has 0 unspecified atom stereocenters. The van der Waals surface area contributed by atoms with Gasteiger partial charge in [-0.15, -0.1) is 0 Å². The smallest absolute Gasteiger partial charge is 0.372 e. The molecule has 18 heavy (non-hydrogen) atoms. The largest absolute Gasteiger partial charge is 0.423 e.